The zero-order valence-electron chi connectivity index (χ0n) is 18.5. The molecule has 2 aromatic heterocycles. The monoisotopic (exact) mass is 465 g/mol. The molecule has 0 atom stereocenters. The Morgan fingerprint density at radius 1 is 1.19 bits per heavy atom. The molecule has 166 valence electrons. The minimum Gasteiger partial charge on any atom is -0.316 e. The van der Waals surface area contributed by atoms with Crippen molar-refractivity contribution in [3.63, 3.8) is 0 Å². The van der Waals surface area contributed by atoms with Gasteiger partial charge in [0.15, 0.2) is 11.0 Å². The molecule has 1 aromatic carbocycles. The second-order valence-electron chi connectivity index (χ2n) is 7.99. The highest BCUT2D eigenvalue weighted by atomic mass is 32.2. The second kappa shape index (κ2) is 10.3. The summed E-state index contributed by atoms with van der Waals surface area (Å²) in [6.07, 6.45) is 6.64. The maximum absolute atomic E-state index is 12.7. The number of carbonyl (C=O) groups is 1. The van der Waals surface area contributed by atoms with Gasteiger partial charge < -0.3 is 9.88 Å². The van der Waals surface area contributed by atoms with Crippen LogP contribution < -0.4 is 5.32 Å². The zero-order valence-corrected chi connectivity index (χ0v) is 20.1. The smallest absolute Gasteiger partial charge is 0.235 e. The molecule has 3 aromatic rings. The van der Waals surface area contributed by atoms with E-state index in [2.05, 4.69) is 40.6 Å². The van der Waals surface area contributed by atoms with E-state index in [-0.39, 0.29) is 11.7 Å². The van der Waals surface area contributed by atoms with E-state index in [9.17, 15) is 10.1 Å². The molecule has 1 N–H and O–H groups in total. The lowest BCUT2D eigenvalue weighted by molar-refractivity contribution is -0.113. The number of nitriles is 1. The van der Waals surface area contributed by atoms with E-state index >= 15 is 0 Å². The molecule has 0 unspecified atom stereocenters. The van der Waals surface area contributed by atoms with Crippen LogP contribution in [0.3, 0.4) is 0 Å². The largest absolute Gasteiger partial charge is 0.316 e. The van der Waals surface area contributed by atoms with E-state index in [0.29, 0.717) is 10.6 Å². The molecular formula is C24H27N5OS2. The first kappa shape index (κ1) is 22.6. The van der Waals surface area contributed by atoms with E-state index in [1.54, 1.807) is 11.3 Å². The number of amides is 1. The Kier molecular flexibility index (Phi) is 7.28. The number of hydrogen-bond donors (Lipinski definition) is 1. The Morgan fingerprint density at radius 2 is 1.94 bits per heavy atom. The highest BCUT2D eigenvalue weighted by molar-refractivity contribution is 7.99. The summed E-state index contributed by atoms with van der Waals surface area (Å²) in [7, 11) is 0. The molecule has 1 aliphatic carbocycles. The third kappa shape index (κ3) is 4.89. The lowest BCUT2D eigenvalue weighted by Crippen LogP contribution is -2.14. The summed E-state index contributed by atoms with van der Waals surface area (Å²) < 4.78 is 2.03. The predicted octanol–water partition coefficient (Wildman–Crippen LogP) is 5.60. The van der Waals surface area contributed by atoms with Crippen molar-refractivity contribution in [1.82, 2.24) is 14.8 Å². The molecule has 0 aliphatic heterocycles. The number of rotatable bonds is 6. The lowest BCUT2D eigenvalue weighted by atomic mass is 9.97. The van der Waals surface area contributed by atoms with E-state index in [1.807, 2.05) is 23.6 Å². The molecule has 1 amide bonds. The van der Waals surface area contributed by atoms with Gasteiger partial charge in [-0.25, -0.2) is 0 Å². The van der Waals surface area contributed by atoms with Crippen LogP contribution in [-0.4, -0.2) is 26.4 Å². The Balaban J connectivity index is 1.45. The SMILES string of the molecule is CCn1c(SCC(=O)Nc2sc3c(c2C#N)CCCCCC3)nnc1-c1ccc(C)cc1. The molecule has 8 heteroatoms. The van der Waals surface area contributed by atoms with Gasteiger partial charge in [0, 0.05) is 17.0 Å². The quantitative estimate of drug-likeness (QED) is 0.479. The molecule has 0 radical (unpaired) electrons. The summed E-state index contributed by atoms with van der Waals surface area (Å²) in [4.78, 5) is 14.0. The lowest BCUT2D eigenvalue weighted by Gasteiger charge is -2.09. The first-order chi connectivity index (χ1) is 15.6. The normalized spacial score (nSPS) is 13.7. The van der Waals surface area contributed by atoms with E-state index in [4.69, 9.17) is 0 Å². The molecular weight excluding hydrogens is 438 g/mol. The van der Waals surface area contributed by atoms with Gasteiger partial charge in [0.25, 0.3) is 0 Å². The van der Waals surface area contributed by atoms with Gasteiger partial charge in [0.05, 0.1) is 11.3 Å². The molecule has 2 heterocycles. The fourth-order valence-corrected chi connectivity index (χ4v) is 6.07. The highest BCUT2D eigenvalue weighted by Gasteiger charge is 2.21. The third-order valence-corrected chi connectivity index (χ3v) is 7.89. The number of nitrogens with one attached hydrogen (secondary N) is 1. The van der Waals surface area contributed by atoms with E-state index < -0.39 is 0 Å². The number of hydrogen-bond acceptors (Lipinski definition) is 6. The van der Waals surface area contributed by atoms with Crippen molar-refractivity contribution in [3.05, 3.63) is 45.8 Å². The van der Waals surface area contributed by atoms with Crippen LogP contribution in [0.25, 0.3) is 11.4 Å². The van der Waals surface area contributed by atoms with Crippen LogP contribution >= 0.6 is 23.1 Å². The number of aromatic nitrogens is 3. The molecule has 0 bridgehead atoms. The topological polar surface area (TPSA) is 83.6 Å². The maximum Gasteiger partial charge on any atom is 0.235 e. The number of benzene rings is 1. The Morgan fingerprint density at radius 3 is 2.66 bits per heavy atom. The fourth-order valence-electron chi connectivity index (χ4n) is 4.02. The molecule has 6 nitrogen and oxygen atoms in total. The summed E-state index contributed by atoms with van der Waals surface area (Å²) in [5, 5.41) is 22.8. The maximum atomic E-state index is 12.7. The van der Waals surface area contributed by atoms with Crippen LogP contribution in [0.2, 0.25) is 0 Å². The van der Waals surface area contributed by atoms with Gasteiger partial charge in [0.2, 0.25) is 5.91 Å². The minimum atomic E-state index is -0.122. The number of aryl methyl sites for hydroxylation is 2. The molecule has 1 aliphatic rings. The molecule has 0 spiro atoms. The molecule has 32 heavy (non-hydrogen) atoms. The van der Waals surface area contributed by atoms with E-state index in [1.165, 1.54) is 35.0 Å². The van der Waals surface area contributed by atoms with E-state index in [0.717, 1.165) is 54.3 Å². The summed E-state index contributed by atoms with van der Waals surface area (Å²) >= 11 is 2.94. The van der Waals surface area contributed by atoms with Crippen molar-refractivity contribution < 1.29 is 4.79 Å². The van der Waals surface area contributed by atoms with Crippen LogP contribution in [-0.2, 0) is 24.2 Å². The third-order valence-electron chi connectivity index (χ3n) is 5.71. The predicted molar refractivity (Wildman–Crippen MR) is 130 cm³/mol. The van der Waals surface area contributed by atoms with Gasteiger partial charge in [-0.05, 0) is 45.1 Å². The number of thioether (sulfide) groups is 1. The number of carbonyl (C=O) groups excluding carboxylic acids is 1. The van der Waals surface area contributed by atoms with Crippen molar-refractivity contribution in [2.24, 2.45) is 0 Å². The first-order valence-electron chi connectivity index (χ1n) is 11.1. The average molecular weight is 466 g/mol. The number of thiophene rings is 1. The Hall–Kier alpha value is -2.63. The first-order valence-corrected chi connectivity index (χ1v) is 12.9. The van der Waals surface area contributed by atoms with Crippen molar-refractivity contribution in [2.45, 2.75) is 64.1 Å². The summed E-state index contributed by atoms with van der Waals surface area (Å²) in [6.45, 7) is 4.82. The molecule has 0 saturated heterocycles. The number of nitrogens with zero attached hydrogens (tertiary/aromatic N) is 4. The summed E-state index contributed by atoms with van der Waals surface area (Å²) in [6, 6.07) is 10.5. The van der Waals surface area contributed by atoms with Crippen molar-refractivity contribution >= 4 is 34.0 Å². The number of anilines is 1. The summed E-state index contributed by atoms with van der Waals surface area (Å²) in [5.41, 5.74) is 4.01. The van der Waals surface area contributed by atoms with Crippen molar-refractivity contribution in [3.8, 4) is 17.5 Å². The fraction of sp³-hybridized carbons (Fsp3) is 0.417. The summed E-state index contributed by atoms with van der Waals surface area (Å²) in [5.74, 6) is 0.905. The number of fused-ring (bicyclic) bond motifs is 1. The van der Waals surface area contributed by atoms with Crippen LogP contribution in [0.5, 0.6) is 0 Å². The van der Waals surface area contributed by atoms with Crippen molar-refractivity contribution in [2.75, 3.05) is 11.1 Å². The van der Waals surface area contributed by atoms with Crippen LogP contribution in [0, 0.1) is 18.3 Å². The molecule has 0 fully saturated rings. The molecule has 0 saturated carbocycles. The average Bonchev–Trinajstić information content (AvgIpc) is 3.33. The molecule has 4 rings (SSSR count). The second-order valence-corrected chi connectivity index (χ2v) is 10.0. The Bertz CT molecular complexity index is 1140. The van der Waals surface area contributed by atoms with Gasteiger partial charge in [-0.1, -0.05) is 54.4 Å². The van der Waals surface area contributed by atoms with Crippen LogP contribution in [0.15, 0.2) is 29.4 Å². The van der Waals surface area contributed by atoms with Crippen LogP contribution in [0.4, 0.5) is 5.00 Å². The van der Waals surface area contributed by atoms with Gasteiger partial charge in [-0.2, -0.15) is 5.26 Å². The van der Waals surface area contributed by atoms with Gasteiger partial charge in [-0.15, -0.1) is 21.5 Å². The van der Waals surface area contributed by atoms with Crippen LogP contribution in [0.1, 0.15) is 54.2 Å². The standard InChI is InChI=1S/C24H27N5OS2/c1-3-29-22(17-12-10-16(2)11-13-17)27-28-24(29)31-15-21(30)26-23-19(14-25)18-8-6-4-5-7-9-20(18)32-23/h10-13H,3-9,15H2,1-2H3,(H,26,30). The highest BCUT2D eigenvalue weighted by Crippen LogP contribution is 2.36. The van der Waals surface area contributed by atoms with Gasteiger partial charge in [-0.3, -0.25) is 4.79 Å². The van der Waals surface area contributed by atoms with Gasteiger partial charge in [0.1, 0.15) is 11.1 Å². The van der Waals surface area contributed by atoms with Gasteiger partial charge >= 0.3 is 0 Å². The Labute approximate surface area is 197 Å². The van der Waals surface area contributed by atoms with Crippen molar-refractivity contribution in [1.29, 1.82) is 5.26 Å². The minimum absolute atomic E-state index is 0.122. The zero-order chi connectivity index (χ0) is 22.5.